The van der Waals surface area contributed by atoms with E-state index in [4.69, 9.17) is 4.74 Å². The van der Waals surface area contributed by atoms with Crippen LogP contribution >= 0.6 is 0 Å². The van der Waals surface area contributed by atoms with Crippen LogP contribution in [-0.2, 0) is 4.74 Å². The molecule has 0 spiro atoms. The molecule has 1 N–H and O–H groups in total. The fraction of sp³-hybridized carbons (Fsp3) is 0.500. The van der Waals surface area contributed by atoms with Gasteiger partial charge in [-0.25, -0.2) is 0 Å². The van der Waals surface area contributed by atoms with Crippen LogP contribution in [0.3, 0.4) is 0 Å². The number of nitrogens with one attached hydrogen (secondary N) is 1. The van der Waals surface area contributed by atoms with Gasteiger partial charge < -0.3 is 10.1 Å². The third-order valence-electron chi connectivity index (χ3n) is 2.61. The molecule has 1 aromatic carbocycles. The van der Waals surface area contributed by atoms with E-state index in [9.17, 15) is 4.79 Å². The van der Waals surface area contributed by atoms with Crippen molar-refractivity contribution in [3.05, 3.63) is 34.9 Å². The van der Waals surface area contributed by atoms with E-state index in [1.807, 2.05) is 45.9 Å². The van der Waals surface area contributed by atoms with Crippen LogP contribution in [0.5, 0.6) is 0 Å². The van der Waals surface area contributed by atoms with Gasteiger partial charge in [0.15, 0.2) is 0 Å². The molecule has 17 heavy (non-hydrogen) atoms. The van der Waals surface area contributed by atoms with E-state index < -0.39 is 0 Å². The van der Waals surface area contributed by atoms with E-state index in [2.05, 4.69) is 5.32 Å². The molecule has 0 heterocycles. The fourth-order valence-electron chi connectivity index (χ4n) is 1.44. The van der Waals surface area contributed by atoms with E-state index >= 15 is 0 Å². The van der Waals surface area contributed by atoms with E-state index in [1.165, 1.54) is 5.56 Å². The molecule has 0 saturated heterocycles. The summed E-state index contributed by atoms with van der Waals surface area (Å²) in [5, 5.41) is 2.84. The summed E-state index contributed by atoms with van der Waals surface area (Å²) in [5.74, 6) is -0.0412. The Morgan fingerprint density at radius 2 is 2.00 bits per heavy atom. The predicted octanol–water partition coefficient (Wildman–Crippen LogP) is 2.46. The van der Waals surface area contributed by atoms with Crippen molar-refractivity contribution in [2.45, 2.75) is 33.8 Å². The van der Waals surface area contributed by atoms with Crippen LogP contribution in [0.2, 0.25) is 0 Å². The van der Waals surface area contributed by atoms with Gasteiger partial charge in [-0.1, -0.05) is 6.07 Å². The molecule has 0 unspecified atom stereocenters. The van der Waals surface area contributed by atoms with Crippen LogP contribution in [0, 0.1) is 13.8 Å². The van der Waals surface area contributed by atoms with Gasteiger partial charge >= 0.3 is 0 Å². The van der Waals surface area contributed by atoms with Crippen molar-refractivity contribution in [3.8, 4) is 0 Å². The SMILES string of the molecule is Cc1ccc(C(=O)NCCOC(C)C)cc1C. The van der Waals surface area contributed by atoms with Gasteiger partial charge in [0.25, 0.3) is 5.91 Å². The van der Waals surface area contributed by atoms with Crippen LogP contribution in [0.15, 0.2) is 18.2 Å². The number of carbonyl (C=O) groups is 1. The van der Waals surface area contributed by atoms with Crippen LogP contribution in [0.1, 0.15) is 35.3 Å². The minimum Gasteiger partial charge on any atom is -0.377 e. The smallest absolute Gasteiger partial charge is 0.251 e. The van der Waals surface area contributed by atoms with Crippen LogP contribution in [0.25, 0.3) is 0 Å². The molecule has 0 saturated carbocycles. The maximum Gasteiger partial charge on any atom is 0.251 e. The van der Waals surface area contributed by atoms with Crippen LogP contribution in [-0.4, -0.2) is 25.2 Å². The lowest BCUT2D eigenvalue weighted by atomic mass is 10.1. The summed E-state index contributed by atoms with van der Waals surface area (Å²) in [5.41, 5.74) is 3.04. The lowest BCUT2D eigenvalue weighted by Gasteiger charge is -2.09. The van der Waals surface area contributed by atoms with Gasteiger partial charge in [-0.05, 0) is 51.0 Å². The number of carbonyl (C=O) groups excluding carboxylic acids is 1. The van der Waals surface area contributed by atoms with Crippen molar-refractivity contribution in [2.24, 2.45) is 0 Å². The van der Waals surface area contributed by atoms with Gasteiger partial charge in [0.2, 0.25) is 0 Å². The third-order valence-corrected chi connectivity index (χ3v) is 2.61. The second-order valence-electron chi connectivity index (χ2n) is 4.47. The average molecular weight is 235 g/mol. The lowest BCUT2D eigenvalue weighted by Crippen LogP contribution is -2.28. The quantitative estimate of drug-likeness (QED) is 0.796. The molecule has 3 heteroatoms. The van der Waals surface area contributed by atoms with E-state index in [-0.39, 0.29) is 12.0 Å². The summed E-state index contributed by atoms with van der Waals surface area (Å²) in [6, 6.07) is 5.73. The Kier molecular flexibility index (Phi) is 5.16. The van der Waals surface area contributed by atoms with Gasteiger partial charge in [0.1, 0.15) is 0 Å². The second kappa shape index (κ2) is 6.40. The van der Waals surface area contributed by atoms with Gasteiger partial charge in [0, 0.05) is 12.1 Å². The first-order valence-electron chi connectivity index (χ1n) is 5.97. The topological polar surface area (TPSA) is 38.3 Å². The molecule has 1 aromatic rings. The first kappa shape index (κ1) is 13.7. The zero-order valence-corrected chi connectivity index (χ0v) is 11.0. The van der Waals surface area contributed by atoms with Crippen molar-refractivity contribution >= 4 is 5.91 Å². The van der Waals surface area contributed by atoms with E-state index in [1.54, 1.807) is 0 Å². The maximum atomic E-state index is 11.8. The van der Waals surface area contributed by atoms with Gasteiger partial charge in [-0.15, -0.1) is 0 Å². The van der Waals surface area contributed by atoms with Crippen LogP contribution < -0.4 is 5.32 Å². The minimum atomic E-state index is -0.0412. The largest absolute Gasteiger partial charge is 0.377 e. The summed E-state index contributed by atoms with van der Waals surface area (Å²) in [6.45, 7) is 9.09. The Hall–Kier alpha value is -1.35. The third kappa shape index (κ3) is 4.57. The lowest BCUT2D eigenvalue weighted by molar-refractivity contribution is 0.0746. The Balaban J connectivity index is 2.44. The first-order chi connectivity index (χ1) is 8.00. The number of hydrogen-bond donors (Lipinski definition) is 1. The summed E-state index contributed by atoms with van der Waals surface area (Å²) in [4.78, 5) is 11.8. The van der Waals surface area contributed by atoms with Gasteiger partial charge in [-0.2, -0.15) is 0 Å². The van der Waals surface area contributed by atoms with Gasteiger partial charge in [-0.3, -0.25) is 4.79 Å². The van der Waals surface area contributed by atoms with E-state index in [0.717, 1.165) is 5.56 Å². The molecule has 0 radical (unpaired) electrons. The highest BCUT2D eigenvalue weighted by molar-refractivity contribution is 5.94. The normalized spacial score (nSPS) is 10.6. The first-order valence-corrected chi connectivity index (χ1v) is 5.97. The number of amides is 1. The highest BCUT2D eigenvalue weighted by Gasteiger charge is 2.05. The summed E-state index contributed by atoms with van der Waals surface area (Å²) in [6.07, 6.45) is 0.202. The zero-order valence-electron chi connectivity index (χ0n) is 11.0. The van der Waals surface area contributed by atoms with Crippen molar-refractivity contribution < 1.29 is 9.53 Å². The Labute approximate surface area is 103 Å². The molecule has 94 valence electrons. The van der Waals surface area contributed by atoms with Crippen molar-refractivity contribution in [1.29, 1.82) is 0 Å². The molecule has 0 fully saturated rings. The van der Waals surface area contributed by atoms with Crippen molar-refractivity contribution in [1.82, 2.24) is 5.32 Å². The summed E-state index contributed by atoms with van der Waals surface area (Å²) in [7, 11) is 0. The Morgan fingerprint density at radius 1 is 1.29 bits per heavy atom. The number of benzene rings is 1. The number of hydrogen-bond acceptors (Lipinski definition) is 2. The molecule has 3 nitrogen and oxygen atoms in total. The highest BCUT2D eigenvalue weighted by atomic mass is 16.5. The average Bonchev–Trinajstić information content (AvgIpc) is 2.27. The van der Waals surface area contributed by atoms with E-state index in [0.29, 0.717) is 18.7 Å². The second-order valence-corrected chi connectivity index (χ2v) is 4.47. The van der Waals surface area contributed by atoms with Crippen molar-refractivity contribution in [2.75, 3.05) is 13.2 Å². The molecular formula is C14H21NO2. The molecule has 0 aliphatic heterocycles. The molecule has 1 amide bonds. The Morgan fingerprint density at radius 3 is 2.59 bits per heavy atom. The maximum absolute atomic E-state index is 11.8. The number of aryl methyl sites for hydroxylation is 2. The predicted molar refractivity (Wildman–Crippen MR) is 69.3 cm³/mol. The minimum absolute atomic E-state index is 0.0412. The summed E-state index contributed by atoms with van der Waals surface area (Å²) >= 11 is 0. The van der Waals surface area contributed by atoms with Crippen LogP contribution in [0.4, 0.5) is 0 Å². The molecule has 0 aromatic heterocycles. The monoisotopic (exact) mass is 235 g/mol. The highest BCUT2D eigenvalue weighted by Crippen LogP contribution is 2.09. The molecule has 0 bridgehead atoms. The van der Waals surface area contributed by atoms with Crippen molar-refractivity contribution in [3.63, 3.8) is 0 Å². The molecule has 0 aliphatic carbocycles. The zero-order chi connectivity index (χ0) is 12.8. The Bertz CT molecular complexity index is 386. The molecule has 0 aliphatic rings. The molecule has 1 rings (SSSR count). The number of rotatable bonds is 5. The summed E-state index contributed by atoms with van der Waals surface area (Å²) < 4.78 is 5.36. The standard InChI is InChI=1S/C14H21NO2/c1-10(2)17-8-7-15-14(16)13-6-5-11(3)12(4)9-13/h5-6,9-10H,7-8H2,1-4H3,(H,15,16). The van der Waals surface area contributed by atoms with Gasteiger partial charge in [0.05, 0.1) is 12.7 Å². The number of ether oxygens (including phenoxy) is 1. The molecule has 0 atom stereocenters. The fourth-order valence-corrected chi connectivity index (χ4v) is 1.44. The molecular weight excluding hydrogens is 214 g/mol.